The summed E-state index contributed by atoms with van der Waals surface area (Å²) < 4.78 is 4.98. The molecule has 0 fully saturated rings. The van der Waals surface area contributed by atoms with Gasteiger partial charge in [0.05, 0.1) is 30.6 Å². The van der Waals surface area contributed by atoms with Crippen LogP contribution in [0, 0.1) is 0 Å². The molecule has 8 heteroatoms. The first-order valence-electron chi connectivity index (χ1n) is 10.4. The van der Waals surface area contributed by atoms with Gasteiger partial charge in [-0.15, -0.1) is 5.10 Å². The molecule has 160 valence electrons. The minimum atomic E-state index is -0.960. The molecular formula is C22H28N4O4. The Balaban J connectivity index is 1.47. The van der Waals surface area contributed by atoms with E-state index in [4.69, 9.17) is 9.72 Å². The molecular weight excluding hydrogens is 384 g/mol. The lowest BCUT2D eigenvalue weighted by molar-refractivity contribution is -0.137. The van der Waals surface area contributed by atoms with Crippen molar-refractivity contribution in [2.24, 2.45) is 0 Å². The fourth-order valence-corrected chi connectivity index (χ4v) is 3.67. The average molecular weight is 412 g/mol. The summed E-state index contributed by atoms with van der Waals surface area (Å²) >= 11 is 0. The van der Waals surface area contributed by atoms with E-state index in [0.717, 1.165) is 55.7 Å². The number of methoxy groups -OCH3 is 1. The van der Waals surface area contributed by atoms with Gasteiger partial charge in [-0.1, -0.05) is 0 Å². The SMILES string of the molecule is COc1ccc([C@@H](CC(=O)O)CC(=O)CCCCc2ccc3c(n2)CCCN3)nn1. The molecule has 2 aromatic heterocycles. The van der Waals surface area contributed by atoms with E-state index in [1.54, 1.807) is 12.1 Å². The molecule has 0 spiro atoms. The van der Waals surface area contributed by atoms with E-state index in [1.807, 2.05) is 6.07 Å². The molecule has 0 aromatic carbocycles. The Morgan fingerprint density at radius 1 is 1.17 bits per heavy atom. The summed E-state index contributed by atoms with van der Waals surface area (Å²) in [5.41, 5.74) is 3.82. The summed E-state index contributed by atoms with van der Waals surface area (Å²) in [6.07, 6.45) is 4.99. The highest BCUT2D eigenvalue weighted by atomic mass is 16.5. The Hall–Kier alpha value is -3.03. The van der Waals surface area contributed by atoms with Crippen LogP contribution in [-0.4, -0.2) is 45.7 Å². The largest absolute Gasteiger partial charge is 0.481 e. The molecule has 0 saturated heterocycles. The number of hydrogen-bond acceptors (Lipinski definition) is 7. The van der Waals surface area contributed by atoms with Crippen molar-refractivity contribution in [3.8, 4) is 5.88 Å². The number of ketones is 1. The number of carbonyl (C=O) groups excluding carboxylic acids is 1. The van der Waals surface area contributed by atoms with E-state index < -0.39 is 11.9 Å². The fourth-order valence-electron chi connectivity index (χ4n) is 3.67. The number of fused-ring (bicyclic) bond motifs is 1. The normalized spacial score (nSPS) is 13.8. The molecule has 0 aliphatic carbocycles. The van der Waals surface area contributed by atoms with Crippen molar-refractivity contribution in [3.05, 3.63) is 41.3 Å². The molecule has 1 aliphatic rings. The number of rotatable bonds is 11. The number of pyridine rings is 1. The standard InChI is InChI=1S/C22H28N4O4/c1-30-21-11-10-18(25-26-21)15(14-22(28)29)13-17(27)6-3-2-5-16-8-9-19-20(24-16)7-4-12-23-19/h8-11,15,23H,2-7,12-14H2,1H3,(H,28,29)/t15-/m1/s1. The summed E-state index contributed by atoms with van der Waals surface area (Å²) in [6, 6.07) is 7.44. The Morgan fingerprint density at radius 3 is 2.77 bits per heavy atom. The molecule has 0 radical (unpaired) electrons. The van der Waals surface area contributed by atoms with Crippen LogP contribution in [0.5, 0.6) is 5.88 Å². The number of nitrogens with zero attached hydrogens (tertiary/aromatic N) is 3. The first kappa shape index (κ1) is 21.7. The lowest BCUT2D eigenvalue weighted by atomic mass is 9.93. The molecule has 1 aliphatic heterocycles. The van der Waals surface area contributed by atoms with Crippen LogP contribution in [0.4, 0.5) is 5.69 Å². The zero-order chi connectivity index (χ0) is 21.3. The molecule has 2 aromatic rings. The van der Waals surface area contributed by atoms with E-state index in [9.17, 15) is 14.7 Å². The van der Waals surface area contributed by atoms with E-state index in [1.165, 1.54) is 7.11 Å². The van der Waals surface area contributed by atoms with Gasteiger partial charge in [-0.05, 0) is 50.3 Å². The second-order valence-electron chi connectivity index (χ2n) is 7.57. The summed E-state index contributed by atoms with van der Waals surface area (Å²) in [5, 5.41) is 20.5. The first-order valence-corrected chi connectivity index (χ1v) is 10.4. The van der Waals surface area contributed by atoms with Gasteiger partial charge >= 0.3 is 5.97 Å². The number of Topliss-reactive ketones (excluding diaryl/α,β-unsaturated/α-hetero) is 1. The number of carboxylic acids is 1. The highest BCUT2D eigenvalue weighted by Gasteiger charge is 2.21. The predicted octanol–water partition coefficient (Wildman–Crippen LogP) is 3.17. The van der Waals surface area contributed by atoms with E-state index in [0.29, 0.717) is 18.0 Å². The summed E-state index contributed by atoms with van der Waals surface area (Å²) in [6.45, 7) is 1.00. The molecule has 3 heterocycles. The van der Waals surface area contributed by atoms with Crippen LogP contribution in [0.3, 0.4) is 0 Å². The third kappa shape index (κ3) is 6.23. The Kier molecular flexibility index (Phi) is 7.70. The van der Waals surface area contributed by atoms with Gasteiger partial charge in [0, 0.05) is 37.1 Å². The van der Waals surface area contributed by atoms with Crippen molar-refractivity contribution in [1.82, 2.24) is 15.2 Å². The van der Waals surface area contributed by atoms with Gasteiger partial charge in [-0.3, -0.25) is 14.6 Å². The van der Waals surface area contributed by atoms with E-state index in [2.05, 4.69) is 21.6 Å². The van der Waals surface area contributed by atoms with Gasteiger partial charge in [0.25, 0.3) is 0 Å². The fraction of sp³-hybridized carbons (Fsp3) is 0.500. The average Bonchev–Trinajstić information content (AvgIpc) is 2.76. The van der Waals surface area contributed by atoms with Crippen molar-refractivity contribution in [1.29, 1.82) is 0 Å². The molecule has 2 N–H and O–H groups in total. The first-order chi connectivity index (χ1) is 14.5. The van der Waals surface area contributed by atoms with Crippen molar-refractivity contribution >= 4 is 17.4 Å². The smallest absolute Gasteiger partial charge is 0.304 e. The number of nitrogens with one attached hydrogen (secondary N) is 1. The van der Waals surface area contributed by atoms with Crippen LogP contribution >= 0.6 is 0 Å². The molecule has 0 unspecified atom stereocenters. The van der Waals surface area contributed by atoms with Crippen molar-refractivity contribution in [2.45, 2.75) is 57.3 Å². The van der Waals surface area contributed by atoms with E-state index >= 15 is 0 Å². The van der Waals surface area contributed by atoms with Gasteiger partial charge in [0.2, 0.25) is 5.88 Å². The monoisotopic (exact) mass is 412 g/mol. The second-order valence-corrected chi connectivity index (χ2v) is 7.57. The van der Waals surface area contributed by atoms with Crippen LogP contribution in [0.15, 0.2) is 24.3 Å². The van der Waals surface area contributed by atoms with Crippen molar-refractivity contribution < 1.29 is 19.4 Å². The second kappa shape index (κ2) is 10.7. The van der Waals surface area contributed by atoms with Gasteiger partial charge in [0.15, 0.2) is 0 Å². The van der Waals surface area contributed by atoms with E-state index in [-0.39, 0.29) is 18.6 Å². The number of aryl methyl sites for hydroxylation is 2. The molecule has 0 saturated carbocycles. The third-order valence-corrected chi connectivity index (χ3v) is 5.26. The number of anilines is 1. The van der Waals surface area contributed by atoms with Gasteiger partial charge in [-0.25, -0.2) is 0 Å². The number of aliphatic carboxylic acids is 1. The molecule has 8 nitrogen and oxygen atoms in total. The Morgan fingerprint density at radius 2 is 2.03 bits per heavy atom. The van der Waals surface area contributed by atoms with Crippen LogP contribution < -0.4 is 10.1 Å². The number of ether oxygens (including phenoxy) is 1. The summed E-state index contributed by atoms with van der Waals surface area (Å²) in [5.74, 6) is -1.05. The van der Waals surface area contributed by atoms with Crippen LogP contribution in [0.2, 0.25) is 0 Å². The predicted molar refractivity (Wildman–Crippen MR) is 112 cm³/mol. The molecule has 3 rings (SSSR count). The Labute approximate surface area is 176 Å². The third-order valence-electron chi connectivity index (χ3n) is 5.26. The Bertz CT molecular complexity index is 870. The number of unbranched alkanes of at least 4 members (excludes halogenated alkanes) is 1. The zero-order valence-electron chi connectivity index (χ0n) is 17.3. The van der Waals surface area contributed by atoms with Gasteiger partial charge in [0.1, 0.15) is 5.78 Å². The van der Waals surface area contributed by atoms with Crippen LogP contribution in [0.1, 0.15) is 61.5 Å². The van der Waals surface area contributed by atoms with Crippen molar-refractivity contribution in [3.63, 3.8) is 0 Å². The topological polar surface area (TPSA) is 114 Å². The highest BCUT2D eigenvalue weighted by Crippen LogP contribution is 2.24. The zero-order valence-corrected chi connectivity index (χ0v) is 17.3. The maximum absolute atomic E-state index is 12.4. The molecule has 1 atom stereocenters. The minimum absolute atomic E-state index is 0.0430. The van der Waals surface area contributed by atoms with Crippen LogP contribution in [0.25, 0.3) is 0 Å². The maximum Gasteiger partial charge on any atom is 0.304 e. The lowest BCUT2D eigenvalue weighted by Crippen LogP contribution is -2.14. The number of carbonyl (C=O) groups is 2. The quantitative estimate of drug-likeness (QED) is 0.541. The summed E-state index contributed by atoms with van der Waals surface area (Å²) in [4.78, 5) is 28.4. The van der Waals surface area contributed by atoms with Gasteiger partial charge < -0.3 is 15.2 Å². The van der Waals surface area contributed by atoms with Gasteiger partial charge in [-0.2, -0.15) is 5.10 Å². The maximum atomic E-state index is 12.4. The minimum Gasteiger partial charge on any atom is -0.481 e. The number of aromatic nitrogens is 3. The number of carboxylic acid groups (broad SMARTS) is 1. The van der Waals surface area contributed by atoms with Crippen LogP contribution in [-0.2, 0) is 22.4 Å². The summed E-state index contributed by atoms with van der Waals surface area (Å²) in [7, 11) is 1.48. The lowest BCUT2D eigenvalue weighted by Gasteiger charge is -2.17. The molecule has 0 bridgehead atoms. The molecule has 0 amide bonds. The number of hydrogen-bond donors (Lipinski definition) is 2. The highest BCUT2D eigenvalue weighted by molar-refractivity contribution is 5.80. The van der Waals surface area contributed by atoms with Crippen molar-refractivity contribution in [2.75, 3.05) is 19.0 Å². The molecule has 30 heavy (non-hydrogen) atoms.